The molecular formula is C17H23N5O2. The van der Waals surface area contributed by atoms with Crippen molar-refractivity contribution in [1.29, 1.82) is 0 Å². The van der Waals surface area contributed by atoms with Gasteiger partial charge in [0.05, 0.1) is 12.1 Å². The molecule has 0 aromatic carbocycles. The normalized spacial score (nSPS) is 24.8. The molecule has 1 saturated carbocycles. The molecule has 0 unspecified atom stereocenters. The zero-order valence-electron chi connectivity index (χ0n) is 13.9. The van der Waals surface area contributed by atoms with Gasteiger partial charge < -0.3 is 14.2 Å². The van der Waals surface area contributed by atoms with E-state index in [0.717, 1.165) is 30.8 Å². The Labute approximate surface area is 141 Å². The number of nitrogens with zero attached hydrogens (tertiary/aromatic N) is 4. The summed E-state index contributed by atoms with van der Waals surface area (Å²) in [5.41, 5.74) is 0.767. The summed E-state index contributed by atoms with van der Waals surface area (Å²) in [6.45, 7) is 0.580. The molecule has 0 bridgehead atoms. The third kappa shape index (κ3) is 2.62. The smallest absolute Gasteiger partial charge is 0.271 e. The number of rotatable bonds is 4. The van der Waals surface area contributed by atoms with Crippen LogP contribution in [0.1, 0.15) is 60.5 Å². The standard InChI is InChI=1S/C17H23N5O2/c1-24-13-9-15(16-18-11-19-20-16)22(10-13)17(23)14-7-4-8-21(14)12-5-2-3-6-12/h4,7-8,11-13,15H,2-3,5-6,9-10H2,1H3,(H,18,19,20)/t13-,15+/m1/s1. The fourth-order valence-corrected chi connectivity index (χ4v) is 4.05. The second-order valence-corrected chi connectivity index (χ2v) is 6.68. The molecule has 4 rings (SSSR count). The molecular weight excluding hydrogens is 306 g/mol. The lowest BCUT2D eigenvalue weighted by Gasteiger charge is -2.24. The summed E-state index contributed by atoms with van der Waals surface area (Å²) in [6.07, 6.45) is 9.08. The second kappa shape index (κ2) is 6.39. The summed E-state index contributed by atoms with van der Waals surface area (Å²) in [6, 6.07) is 4.23. The minimum atomic E-state index is -0.114. The monoisotopic (exact) mass is 329 g/mol. The predicted molar refractivity (Wildman–Crippen MR) is 87.5 cm³/mol. The number of methoxy groups -OCH3 is 1. The molecule has 1 saturated heterocycles. The molecule has 2 aromatic heterocycles. The van der Waals surface area contributed by atoms with Crippen LogP contribution in [0.15, 0.2) is 24.7 Å². The average molecular weight is 329 g/mol. The van der Waals surface area contributed by atoms with Crippen LogP contribution in [0, 0.1) is 0 Å². The molecule has 7 nitrogen and oxygen atoms in total. The van der Waals surface area contributed by atoms with Gasteiger partial charge in [0.1, 0.15) is 17.8 Å². The quantitative estimate of drug-likeness (QED) is 0.934. The van der Waals surface area contributed by atoms with E-state index in [2.05, 4.69) is 19.7 Å². The van der Waals surface area contributed by atoms with E-state index in [-0.39, 0.29) is 18.1 Å². The highest BCUT2D eigenvalue weighted by molar-refractivity contribution is 5.93. The maximum atomic E-state index is 13.2. The van der Waals surface area contributed by atoms with Gasteiger partial charge in [0.25, 0.3) is 5.91 Å². The van der Waals surface area contributed by atoms with Crippen LogP contribution in [0.25, 0.3) is 0 Å². The molecule has 1 amide bonds. The number of hydrogen-bond donors (Lipinski definition) is 1. The Morgan fingerprint density at radius 3 is 2.92 bits per heavy atom. The Hall–Kier alpha value is -2.15. The van der Waals surface area contributed by atoms with E-state index in [4.69, 9.17) is 4.74 Å². The van der Waals surface area contributed by atoms with Gasteiger partial charge in [-0.05, 0) is 25.0 Å². The maximum absolute atomic E-state index is 13.2. The van der Waals surface area contributed by atoms with Crippen molar-refractivity contribution >= 4 is 5.91 Å². The van der Waals surface area contributed by atoms with Gasteiger partial charge in [-0.3, -0.25) is 9.89 Å². The number of ether oxygens (including phenoxy) is 1. The lowest BCUT2D eigenvalue weighted by atomic mass is 10.2. The van der Waals surface area contributed by atoms with Gasteiger partial charge in [-0.2, -0.15) is 5.10 Å². The number of aromatic amines is 1. The van der Waals surface area contributed by atoms with Crippen molar-refractivity contribution in [2.45, 2.75) is 50.3 Å². The van der Waals surface area contributed by atoms with Gasteiger partial charge in [0.15, 0.2) is 0 Å². The Bertz CT molecular complexity index is 690. The molecule has 128 valence electrons. The zero-order chi connectivity index (χ0) is 16.5. The highest BCUT2D eigenvalue weighted by atomic mass is 16.5. The van der Waals surface area contributed by atoms with Crippen LogP contribution in [0.5, 0.6) is 0 Å². The summed E-state index contributed by atoms with van der Waals surface area (Å²) in [5.74, 6) is 0.773. The molecule has 2 aliphatic rings. The van der Waals surface area contributed by atoms with Crippen molar-refractivity contribution in [1.82, 2.24) is 24.6 Å². The van der Waals surface area contributed by atoms with Crippen molar-refractivity contribution in [3.63, 3.8) is 0 Å². The zero-order valence-corrected chi connectivity index (χ0v) is 13.9. The van der Waals surface area contributed by atoms with Crippen LogP contribution >= 0.6 is 0 Å². The van der Waals surface area contributed by atoms with Crippen LogP contribution in [0.4, 0.5) is 0 Å². The average Bonchev–Trinajstić information content (AvgIpc) is 3.41. The fraction of sp³-hybridized carbons (Fsp3) is 0.588. The minimum Gasteiger partial charge on any atom is -0.380 e. The van der Waals surface area contributed by atoms with E-state index >= 15 is 0 Å². The molecule has 2 aromatic rings. The summed E-state index contributed by atoms with van der Waals surface area (Å²) in [4.78, 5) is 19.4. The molecule has 24 heavy (non-hydrogen) atoms. The Morgan fingerprint density at radius 2 is 2.21 bits per heavy atom. The molecule has 3 heterocycles. The van der Waals surface area contributed by atoms with E-state index in [0.29, 0.717) is 12.6 Å². The number of amides is 1. The first-order chi connectivity index (χ1) is 11.8. The fourth-order valence-electron chi connectivity index (χ4n) is 4.05. The number of aromatic nitrogens is 4. The van der Waals surface area contributed by atoms with E-state index in [1.54, 1.807) is 7.11 Å². The van der Waals surface area contributed by atoms with Crippen LogP contribution < -0.4 is 0 Å². The van der Waals surface area contributed by atoms with Gasteiger partial charge >= 0.3 is 0 Å². The summed E-state index contributed by atoms with van der Waals surface area (Å²) < 4.78 is 7.66. The van der Waals surface area contributed by atoms with Gasteiger partial charge in [-0.1, -0.05) is 12.8 Å². The minimum absolute atomic E-state index is 0.0268. The number of H-pyrrole nitrogens is 1. The molecule has 1 aliphatic carbocycles. The Kier molecular flexibility index (Phi) is 4.10. The lowest BCUT2D eigenvalue weighted by Crippen LogP contribution is -2.34. The van der Waals surface area contributed by atoms with E-state index in [9.17, 15) is 4.79 Å². The van der Waals surface area contributed by atoms with Crippen LogP contribution in [0.3, 0.4) is 0 Å². The second-order valence-electron chi connectivity index (χ2n) is 6.68. The van der Waals surface area contributed by atoms with Crippen molar-refractivity contribution in [3.05, 3.63) is 36.2 Å². The van der Waals surface area contributed by atoms with Gasteiger partial charge in [-0.25, -0.2) is 4.98 Å². The van der Waals surface area contributed by atoms with Crippen LogP contribution in [-0.4, -0.2) is 50.3 Å². The topological polar surface area (TPSA) is 76.0 Å². The van der Waals surface area contributed by atoms with Crippen molar-refractivity contribution in [2.24, 2.45) is 0 Å². The number of carbonyl (C=O) groups is 1. The van der Waals surface area contributed by atoms with E-state index in [1.807, 2.05) is 23.2 Å². The lowest BCUT2D eigenvalue weighted by molar-refractivity contribution is 0.0672. The van der Waals surface area contributed by atoms with Crippen LogP contribution in [-0.2, 0) is 4.74 Å². The summed E-state index contributed by atoms with van der Waals surface area (Å²) in [7, 11) is 1.69. The highest BCUT2D eigenvalue weighted by Gasteiger charge is 2.39. The Balaban J connectivity index is 1.62. The molecule has 0 radical (unpaired) electrons. The highest BCUT2D eigenvalue weighted by Crippen LogP contribution is 2.35. The number of hydrogen-bond acceptors (Lipinski definition) is 4. The maximum Gasteiger partial charge on any atom is 0.271 e. The van der Waals surface area contributed by atoms with Crippen LogP contribution in [0.2, 0.25) is 0 Å². The predicted octanol–water partition coefficient (Wildman–Crippen LogP) is 2.32. The van der Waals surface area contributed by atoms with Gasteiger partial charge in [0, 0.05) is 32.3 Å². The molecule has 7 heteroatoms. The molecule has 1 aliphatic heterocycles. The third-order valence-electron chi connectivity index (χ3n) is 5.32. The first-order valence-electron chi connectivity index (χ1n) is 8.63. The number of carbonyl (C=O) groups excluding carboxylic acids is 1. The van der Waals surface area contributed by atoms with E-state index < -0.39 is 0 Å². The SMILES string of the molecule is CO[C@@H]1C[C@@H](c2ncn[nH]2)N(C(=O)c2cccn2C2CCCC2)C1. The third-order valence-corrected chi connectivity index (χ3v) is 5.32. The van der Waals surface area contributed by atoms with Gasteiger partial charge in [0.2, 0.25) is 0 Å². The molecule has 2 fully saturated rings. The molecule has 0 spiro atoms. The number of likely N-dealkylation sites (tertiary alicyclic amines) is 1. The molecule has 1 N–H and O–H groups in total. The van der Waals surface area contributed by atoms with Crippen molar-refractivity contribution in [3.8, 4) is 0 Å². The Morgan fingerprint density at radius 1 is 1.38 bits per heavy atom. The van der Waals surface area contributed by atoms with E-state index in [1.165, 1.54) is 19.2 Å². The summed E-state index contributed by atoms with van der Waals surface area (Å²) >= 11 is 0. The molecule has 2 atom stereocenters. The van der Waals surface area contributed by atoms with Gasteiger partial charge in [-0.15, -0.1) is 0 Å². The summed E-state index contributed by atoms with van der Waals surface area (Å²) in [5, 5.41) is 6.84. The largest absolute Gasteiger partial charge is 0.380 e. The van der Waals surface area contributed by atoms with Crippen molar-refractivity contribution < 1.29 is 9.53 Å². The first-order valence-corrected chi connectivity index (χ1v) is 8.63. The number of nitrogens with one attached hydrogen (secondary N) is 1. The first kappa shape index (κ1) is 15.4. The van der Waals surface area contributed by atoms with Crippen molar-refractivity contribution in [2.75, 3.05) is 13.7 Å².